The third-order valence-electron chi connectivity index (χ3n) is 6.06. The molecule has 0 saturated heterocycles. The predicted octanol–water partition coefficient (Wildman–Crippen LogP) is 4.19. The van der Waals surface area contributed by atoms with Gasteiger partial charge in [-0.25, -0.2) is 8.42 Å². The molecule has 2 aliphatic rings. The van der Waals surface area contributed by atoms with Crippen molar-refractivity contribution >= 4 is 15.6 Å². The Labute approximate surface area is 145 Å². The molecule has 0 aliphatic heterocycles. The number of carbonyl (C=O) groups is 1. The average molecular weight is 346 g/mol. The van der Waals surface area contributed by atoms with Gasteiger partial charge in [-0.3, -0.25) is 4.79 Å². The zero-order chi connectivity index (χ0) is 17.4. The van der Waals surface area contributed by atoms with Gasteiger partial charge in [-0.2, -0.15) is 0 Å². The number of hydrogen-bond acceptors (Lipinski definition) is 3. The first kappa shape index (κ1) is 17.4. The van der Waals surface area contributed by atoms with Crippen LogP contribution in [-0.4, -0.2) is 18.9 Å². The van der Waals surface area contributed by atoms with Crippen LogP contribution in [0.5, 0.6) is 0 Å². The highest BCUT2D eigenvalue weighted by Crippen LogP contribution is 2.55. The highest BCUT2D eigenvalue weighted by molar-refractivity contribution is 7.93. The maximum atomic E-state index is 13.4. The smallest absolute Gasteiger partial charge is 0.191 e. The summed E-state index contributed by atoms with van der Waals surface area (Å²) >= 11 is 0. The lowest BCUT2D eigenvalue weighted by molar-refractivity contribution is -0.126. The molecule has 0 heterocycles. The largest absolute Gasteiger partial charge is 0.298 e. The maximum absolute atomic E-state index is 13.4. The number of hydrogen-bond donors (Lipinski definition) is 0. The van der Waals surface area contributed by atoms with Crippen molar-refractivity contribution in [1.29, 1.82) is 0 Å². The molecule has 4 atom stereocenters. The Kier molecular flexibility index (Phi) is 4.69. The van der Waals surface area contributed by atoms with Gasteiger partial charge in [0.05, 0.1) is 4.90 Å². The van der Waals surface area contributed by atoms with Crippen molar-refractivity contribution < 1.29 is 13.2 Å². The second kappa shape index (κ2) is 6.47. The van der Waals surface area contributed by atoms with Gasteiger partial charge in [-0.15, -0.1) is 6.58 Å². The summed E-state index contributed by atoms with van der Waals surface area (Å²) < 4.78 is 25.5. The Morgan fingerprint density at radius 1 is 1.29 bits per heavy atom. The third-order valence-corrected chi connectivity index (χ3v) is 8.62. The van der Waals surface area contributed by atoms with Crippen LogP contribution < -0.4 is 0 Å². The minimum Gasteiger partial charge on any atom is -0.298 e. The molecule has 0 aromatic heterocycles. The molecule has 2 fully saturated rings. The molecule has 1 aromatic rings. The zero-order valence-corrected chi connectivity index (χ0v) is 15.1. The van der Waals surface area contributed by atoms with E-state index in [0.717, 1.165) is 25.7 Å². The standard InChI is InChI=1S/C20H26O3S/c1-3-5-9-15-12-13-20(16(4-2)14-18(15)19(20)21)24(22,23)17-10-7-6-8-11-17/h4,6-8,10-11,15-16,18H,2-3,5,9,12-14H2,1H3/t15-,16+,18-,20-/m1/s1. The molecule has 4 heteroatoms. The van der Waals surface area contributed by atoms with E-state index in [1.54, 1.807) is 36.4 Å². The number of sulfone groups is 1. The fourth-order valence-corrected chi connectivity index (χ4v) is 7.09. The van der Waals surface area contributed by atoms with E-state index in [4.69, 9.17) is 0 Å². The summed E-state index contributed by atoms with van der Waals surface area (Å²) in [6.45, 7) is 6.01. The molecule has 0 radical (unpaired) electrons. The normalized spacial score (nSPS) is 32.7. The Hall–Kier alpha value is -1.42. The number of ketones is 1. The van der Waals surface area contributed by atoms with Crippen LogP contribution in [0.3, 0.4) is 0 Å². The molecule has 3 rings (SSSR count). The van der Waals surface area contributed by atoms with Gasteiger partial charge in [-0.1, -0.05) is 44.0 Å². The van der Waals surface area contributed by atoms with Gasteiger partial charge in [0, 0.05) is 11.8 Å². The van der Waals surface area contributed by atoms with Crippen molar-refractivity contribution in [1.82, 2.24) is 0 Å². The van der Waals surface area contributed by atoms with Crippen LogP contribution in [0.15, 0.2) is 47.9 Å². The Morgan fingerprint density at radius 3 is 2.62 bits per heavy atom. The number of unbranched alkanes of at least 4 members (excludes halogenated alkanes) is 1. The van der Waals surface area contributed by atoms with Gasteiger partial charge in [0.25, 0.3) is 0 Å². The molecule has 0 N–H and O–H groups in total. The van der Waals surface area contributed by atoms with Crippen molar-refractivity contribution in [2.24, 2.45) is 17.8 Å². The van der Waals surface area contributed by atoms with Gasteiger partial charge in [0.15, 0.2) is 15.6 Å². The number of benzene rings is 1. The van der Waals surface area contributed by atoms with Crippen molar-refractivity contribution in [3.8, 4) is 0 Å². The summed E-state index contributed by atoms with van der Waals surface area (Å²) in [5, 5.41) is 0. The first-order valence-corrected chi connectivity index (χ1v) is 10.4. The topological polar surface area (TPSA) is 51.2 Å². The van der Waals surface area contributed by atoms with E-state index in [1.807, 2.05) is 0 Å². The summed E-state index contributed by atoms with van der Waals surface area (Å²) in [6, 6.07) is 8.44. The highest BCUT2D eigenvalue weighted by atomic mass is 32.2. The Morgan fingerprint density at radius 2 is 2.00 bits per heavy atom. The summed E-state index contributed by atoms with van der Waals surface area (Å²) in [7, 11) is -3.71. The fraction of sp³-hybridized carbons (Fsp3) is 0.550. The summed E-state index contributed by atoms with van der Waals surface area (Å²) in [6.07, 6.45) is 6.85. The van der Waals surface area contributed by atoms with E-state index >= 15 is 0 Å². The van der Waals surface area contributed by atoms with Crippen LogP contribution in [0.4, 0.5) is 0 Å². The van der Waals surface area contributed by atoms with Crippen LogP contribution in [0.2, 0.25) is 0 Å². The van der Waals surface area contributed by atoms with Gasteiger partial charge < -0.3 is 0 Å². The van der Waals surface area contributed by atoms with Crippen molar-refractivity contribution in [2.75, 3.05) is 0 Å². The third kappa shape index (κ3) is 2.38. The summed E-state index contributed by atoms with van der Waals surface area (Å²) in [5.41, 5.74) is 0. The molecule has 0 unspecified atom stereocenters. The minimum atomic E-state index is -3.71. The Bertz CT molecular complexity index is 723. The van der Waals surface area contributed by atoms with Crippen LogP contribution >= 0.6 is 0 Å². The van der Waals surface area contributed by atoms with E-state index in [2.05, 4.69) is 13.5 Å². The molecular formula is C20H26O3S. The molecule has 2 bridgehead atoms. The first-order valence-electron chi connectivity index (χ1n) is 8.95. The van der Waals surface area contributed by atoms with E-state index in [9.17, 15) is 13.2 Å². The van der Waals surface area contributed by atoms with Crippen LogP contribution in [0, 0.1) is 17.8 Å². The monoisotopic (exact) mass is 346 g/mol. The van der Waals surface area contributed by atoms with E-state index in [1.165, 1.54) is 0 Å². The van der Waals surface area contributed by atoms with Crippen molar-refractivity contribution in [3.63, 3.8) is 0 Å². The Balaban J connectivity index is 2.03. The lowest BCUT2D eigenvalue weighted by Crippen LogP contribution is -2.51. The average Bonchev–Trinajstić information content (AvgIpc) is 2.78. The summed E-state index contributed by atoms with van der Waals surface area (Å²) in [4.78, 5) is 13.5. The molecule has 3 nitrogen and oxygen atoms in total. The van der Waals surface area contributed by atoms with E-state index in [-0.39, 0.29) is 22.5 Å². The molecule has 2 saturated carbocycles. The molecule has 0 spiro atoms. The molecule has 0 amide bonds. The molecule has 24 heavy (non-hydrogen) atoms. The zero-order valence-electron chi connectivity index (χ0n) is 14.3. The maximum Gasteiger partial charge on any atom is 0.191 e. The number of fused-ring (bicyclic) bond motifs is 2. The summed E-state index contributed by atoms with van der Waals surface area (Å²) in [5.74, 6) is -0.108. The van der Waals surface area contributed by atoms with Gasteiger partial charge in [0.2, 0.25) is 0 Å². The first-order chi connectivity index (χ1) is 11.5. The van der Waals surface area contributed by atoms with Crippen molar-refractivity contribution in [3.05, 3.63) is 43.0 Å². The van der Waals surface area contributed by atoms with Gasteiger partial charge in [-0.05, 0) is 43.7 Å². The van der Waals surface area contributed by atoms with Gasteiger partial charge >= 0.3 is 0 Å². The SMILES string of the molecule is C=C[C@H]1C[C@H]2C(=O)[C@@]1(S(=O)(=O)c1ccccc1)CC[C@H]2CCCC. The lowest BCUT2D eigenvalue weighted by atomic mass is 9.75. The number of Topliss-reactive ketones (excluding diaryl/α,β-unsaturated/α-hetero) is 1. The molecule has 130 valence electrons. The fourth-order valence-electron chi connectivity index (χ4n) is 4.76. The lowest BCUT2D eigenvalue weighted by Gasteiger charge is -2.37. The van der Waals surface area contributed by atoms with Crippen LogP contribution in [0.1, 0.15) is 45.4 Å². The quantitative estimate of drug-likeness (QED) is 0.726. The second-order valence-corrected chi connectivity index (χ2v) is 9.40. The van der Waals surface area contributed by atoms with Gasteiger partial charge in [0.1, 0.15) is 4.75 Å². The van der Waals surface area contributed by atoms with Crippen LogP contribution in [-0.2, 0) is 14.6 Å². The number of allylic oxidation sites excluding steroid dienone is 1. The van der Waals surface area contributed by atoms with Crippen LogP contribution in [0.25, 0.3) is 0 Å². The van der Waals surface area contributed by atoms with E-state index < -0.39 is 14.6 Å². The molecule has 1 aromatic carbocycles. The van der Waals surface area contributed by atoms with Crippen molar-refractivity contribution in [2.45, 2.75) is 55.1 Å². The number of rotatable bonds is 6. The molecule has 2 aliphatic carbocycles. The predicted molar refractivity (Wildman–Crippen MR) is 95.4 cm³/mol. The second-order valence-electron chi connectivity index (χ2n) is 7.20. The highest BCUT2D eigenvalue weighted by Gasteiger charge is 2.65. The molecular weight excluding hydrogens is 320 g/mol. The minimum absolute atomic E-state index is 0.0522. The number of carbonyl (C=O) groups excluding carboxylic acids is 1. The van der Waals surface area contributed by atoms with E-state index in [0.29, 0.717) is 18.8 Å².